The number of aryl methyl sites for hydroxylation is 2. The maximum absolute atomic E-state index is 12.9. The van der Waals surface area contributed by atoms with E-state index in [2.05, 4.69) is 4.72 Å². The van der Waals surface area contributed by atoms with Crippen molar-refractivity contribution in [1.29, 1.82) is 0 Å². The van der Waals surface area contributed by atoms with Gasteiger partial charge in [0.25, 0.3) is 10.0 Å². The van der Waals surface area contributed by atoms with Gasteiger partial charge in [-0.05, 0) is 42.5 Å². The summed E-state index contributed by atoms with van der Waals surface area (Å²) >= 11 is 0. The molecule has 2 N–H and O–H groups in total. The first-order valence-electron chi connectivity index (χ1n) is 9.07. The van der Waals surface area contributed by atoms with Gasteiger partial charge in [-0.2, -0.15) is 0 Å². The highest BCUT2D eigenvalue weighted by atomic mass is 32.2. The van der Waals surface area contributed by atoms with E-state index in [9.17, 15) is 18.3 Å². The lowest BCUT2D eigenvalue weighted by Crippen LogP contribution is -2.16. The van der Waals surface area contributed by atoms with Gasteiger partial charge < -0.3 is 19.3 Å². The predicted octanol–water partition coefficient (Wildman–Crippen LogP) is 2.71. The largest absolute Gasteiger partial charge is 0.493 e. The van der Waals surface area contributed by atoms with Gasteiger partial charge in [-0.25, -0.2) is 13.2 Å². The highest BCUT2D eigenvalue weighted by Crippen LogP contribution is 2.35. The molecule has 0 saturated heterocycles. The Balaban J connectivity index is 1.97. The molecule has 0 saturated carbocycles. The van der Waals surface area contributed by atoms with Crippen molar-refractivity contribution in [2.75, 3.05) is 32.2 Å². The van der Waals surface area contributed by atoms with E-state index in [1.807, 2.05) is 6.07 Å². The van der Waals surface area contributed by atoms with Crippen molar-refractivity contribution in [2.24, 2.45) is 0 Å². The number of sulfonamides is 1. The van der Waals surface area contributed by atoms with E-state index in [0.29, 0.717) is 6.61 Å². The predicted molar refractivity (Wildman–Crippen MR) is 107 cm³/mol. The van der Waals surface area contributed by atoms with E-state index < -0.39 is 16.0 Å². The summed E-state index contributed by atoms with van der Waals surface area (Å²) in [5.74, 6) is -0.904. The summed E-state index contributed by atoms with van der Waals surface area (Å²) in [5, 5.41) is 9.53. The van der Waals surface area contributed by atoms with Crippen molar-refractivity contribution < 1.29 is 32.5 Å². The topological polar surface area (TPSA) is 111 Å². The molecule has 2 aromatic carbocycles. The molecule has 2 aromatic rings. The number of rotatable bonds is 9. The quantitative estimate of drug-likeness (QED) is 0.599. The molecule has 3 rings (SSSR count). The van der Waals surface area contributed by atoms with Crippen LogP contribution in [-0.2, 0) is 27.6 Å². The van der Waals surface area contributed by atoms with Crippen molar-refractivity contribution in [2.45, 2.75) is 24.2 Å². The number of methoxy groups -OCH3 is 2. The minimum atomic E-state index is -3.99. The smallest absolute Gasteiger partial charge is 0.337 e. The molecule has 0 radical (unpaired) electrons. The van der Waals surface area contributed by atoms with Gasteiger partial charge in [0.15, 0.2) is 11.5 Å². The number of benzene rings is 2. The van der Waals surface area contributed by atoms with E-state index in [0.717, 1.165) is 30.4 Å². The Kier molecular flexibility index (Phi) is 6.29. The van der Waals surface area contributed by atoms with Gasteiger partial charge in [0.05, 0.1) is 29.9 Å². The Morgan fingerprint density at radius 1 is 1.07 bits per heavy atom. The standard InChI is InChI=1S/C20H23NO7S/c1-26-8-9-28-19-12-17(16(20(22)23)11-18(19)27-2)21-29(24,25)15-7-6-13-4-3-5-14(13)10-15/h6-7,10-12,21H,3-5,8-9H2,1-2H3,(H,22,23). The molecule has 0 bridgehead atoms. The molecule has 0 aliphatic heterocycles. The van der Waals surface area contributed by atoms with E-state index >= 15 is 0 Å². The number of carboxylic acid groups (broad SMARTS) is 1. The van der Waals surface area contributed by atoms with Crippen LogP contribution >= 0.6 is 0 Å². The van der Waals surface area contributed by atoms with E-state index in [4.69, 9.17) is 14.2 Å². The van der Waals surface area contributed by atoms with E-state index in [-0.39, 0.29) is 34.3 Å². The van der Waals surface area contributed by atoms with Gasteiger partial charge in [-0.15, -0.1) is 0 Å². The molecular formula is C20H23NO7S. The van der Waals surface area contributed by atoms with Crippen molar-refractivity contribution in [1.82, 2.24) is 0 Å². The third-order valence-electron chi connectivity index (χ3n) is 4.70. The normalized spacial score (nSPS) is 13.0. The fraction of sp³-hybridized carbons (Fsp3) is 0.350. The molecule has 0 unspecified atom stereocenters. The summed E-state index contributed by atoms with van der Waals surface area (Å²) in [7, 11) is -1.10. The molecule has 9 heteroatoms. The Morgan fingerprint density at radius 3 is 2.52 bits per heavy atom. The first kappa shape index (κ1) is 20.9. The summed E-state index contributed by atoms with van der Waals surface area (Å²) in [4.78, 5) is 11.8. The molecule has 0 spiro atoms. The first-order valence-corrected chi connectivity index (χ1v) is 10.6. The Morgan fingerprint density at radius 2 is 1.83 bits per heavy atom. The third kappa shape index (κ3) is 4.63. The van der Waals surface area contributed by atoms with Crippen LogP contribution in [0.25, 0.3) is 0 Å². The number of carbonyl (C=O) groups is 1. The van der Waals surface area contributed by atoms with Gasteiger partial charge in [0.1, 0.15) is 6.61 Å². The number of hydrogen-bond acceptors (Lipinski definition) is 6. The molecule has 1 aliphatic rings. The second-order valence-corrected chi connectivity index (χ2v) is 8.27. The molecular weight excluding hydrogens is 398 g/mol. The highest BCUT2D eigenvalue weighted by molar-refractivity contribution is 7.92. The van der Waals surface area contributed by atoms with Crippen LogP contribution in [0.5, 0.6) is 11.5 Å². The number of hydrogen-bond donors (Lipinski definition) is 2. The van der Waals surface area contributed by atoms with Crippen LogP contribution < -0.4 is 14.2 Å². The molecule has 1 aliphatic carbocycles. The monoisotopic (exact) mass is 421 g/mol. The van der Waals surface area contributed by atoms with Crippen LogP contribution in [-0.4, -0.2) is 46.9 Å². The van der Waals surface area contributed by atoms with Crippen molar-refractivity contribution in [3.63, 3.8) is 0 Å². The van der Waals surface area contributed by atoms with Crippen molar-refractivity contribution in [3.8, 4) is 11.5 Å². The minimum absolute atomic E-state index is 0.0900. The lowest BCUT2D eigenvalue weighted by Gasteiger charge is -2.16. The highest BCUT2D eigenvalue weighted by Gasteiger charge is 2.23. The van der Waals surface area contributed by atoms with Crippen LogP contribution in [0.15, 0.2) is 35.2 Å². The average molecular weight is 421 g/mol. The Hall–Kier alpha value is -2.78. The number of fused-ring (bicyclic) bond motifs is 1. The molecule has 0 atom stereocenters. The van der Waals surface area contributed by atoms with E-state index in [1.165, 1.54) is 32.4 Å². The van der Waals surface area contributed by atoms with Gasteiger partial charge >= 0.3 is 5.97 Å². The molecule has 0 fully saturated rings. The van der Waals surface area contributed by atoms with Crippen LogP contribution in [0.2, 0.25) is 0 Å². The van der Waals surface area contributed by atoms with Gasteiger partial charge in [0.2, 0.25) is 0 Å². The lowest BCUT2D eigenvalue weighted by molar-refractivity contribution is 0.0697. The first-order chi connectivity index (χ1) is 13.9. The Labute approximate surface area is 169 Å². The molecule has 29 heavy (non-hydrogen) atoms. The number of ether oxygens (including phenoxy) is 3. The number of nitrogens with one attached hydrogen (secondary N) is 1. The zero-order valence-corrected chi connectivity index (χ0v) is 17.0. The number of aromatic carboxylic acids is 1. The minimum Gasteiger partial charge on any atom is -0.493 e. The van der Waals surface area contributed by atoms with E-state index in [1.54, 1.807) is 6.07 Å². The second kappa shape index (κ2) is 8.71. The second-order valence-electron chi connectivity index (χ2n) is 6.58. The summed E-state index contributed by atoms with van der Waals surface area (Å²) in [5.41, 5.74) is 1.80. The zero-order chi connectivity index (χ0) is 21.0. The lowest BCUT2D eigenvalue weighted by atomic mass is 10.1. The van der Waals surface area contributed by atoms with Crippen LogP contribution in [0.1, 0.15) is 27.9 Å². The number of carboxylic acids is 1. The zero-order valence-electron chi connectivity index (χ0n) is 16.2. The Bertz CT molecular complexity index is 1020. The fourth-order valence-electron chi connectivity index (χ4n) is 3.25. The molecule has 0 aromatic heterocycles. The number of anilines is 1. The van der Waals surface area contributed by atoms with Gasteiger partial charge in [0, 0.05) is 19.2 Å². The summed E-state index contributed by atoms with van der Waals surface area (Å²) < 4.78 is 43.9. The van der Waals surface area contributed by atoms with Crippen molar-refractivity contribution in [3.05, 3.63) is 47.0 Å². The maximum atomic E-state index is 12.9. The molecule has 0 heterocycles. The van der Waals surface area contributed by atoms with Crippen LogP contribution in [0.3, 0.4) is 0 Å². The van der Waals surface area contributed by atoms with Crippen LogP contribution in [0.4, 0.5) is 5.69 Å². The van der Waals surface area contributed by atoms with Gasteiger partial charge in [-0.1, -0.05) is 6.07 Å². The maximum Gasteiger partial charge on any atom is 0.337 e. The van der Waals surface area contributed by atoms with Gasteiger partial charge in [-0.3, -0.25) is 4.72 Å². The fourth-order valence-corrected chi connectivity index (χ4v) is 4.37. The summed E-state index contributed by atoms with van der Waals surface area (Å²) in [6.45, 7) is 0.496. The molecule has 8 nitrogen and oxygen atoms in total. The average Bonchev–Trinajstić information content (AvgIpc) is 3.15. The molecule has 0 amide bonds. The SMILES string of the molecule is COCCOc1cc(NS(=O)(=O)c2ccc3c(c2)CCC3)c(C(=O)O)cc1OC. The summed E-state index contributed by atoms with van der Waals surface area (Å²) in [6, 6.07) is 7.52. The summed E-state index contributed by atoms with van der Waals surface area (Å²) in [6.07, 6.45) is 2.77. The van der Waals surface area contributed by atoms with Crippen molar-refractivity contribution >= 4 is 21.7 Å². The molecule has 156 valence electrons. The third-order valence-corrected chi connectivity index (χ3v) is 6.07. The van der Waals surface area contributed by atoms with Crippen LogP contribution in [0, 0.1) is 0 Å².